The van der Waals surface area contributed by atoms with Gasteiger partial charge in [-0.25, -0.2) is 0 Å². The Hall–Kier alpha value is -0.0400. The summed E-state index contributed by atoms with van der Waals surface area (Å²) in [6, 6.07) is 0. The van der Waals surface area contributed by atoms with E-state index < -0.39 is 0 Å². The predicted molar refractivity (Wildman–Crippen MR) is 27.0 cm³/mol. The molecule has 0 amide bonds. The molecule has 7 heavy (non-hydrogen) atoms. The molecule has 1 aliphatic carbocycles. The number of epoxide rings is 1. The summed E-state index contributed by atoms with van der Waals surface area (Å²) in [5.41, 5.74) is 0. The molecular weight excluding hydrogens is 88.1 g/mol. The van der Waals surface area contributed by atoms with E-state index in [9.17, 15) is 0 Å². The molecule has 1 saturated carbocycles. The maximum Gasteiger partial charge on any atom is 0.0873 e. The SMILES string of the molecule is CC1C(C)C2OC12. The predicted octanol–water partition coefficient (Wildman–Crippen LogP) is 1.04. The lowest BCUT2D eigenvalue weighted by molar-refractivity contribution is 0.290. The third kappa shape index (κ3) is 0.290. The molecule has 4 unspecified atom stereocenters. The molecule has 0 bridgehead atoms. The number of hydrogen-bond acceptors (Lipinski definition) is 1. The molecule has 2 aliphatic rings. The fourth-order valence-electron chi connectivity index (χ4n) is 1.44. The highest BCUT2D eigenvalue weighted by molar-refractivity contribution is 5.05. The van der Waals surface area contributed by atoms with E-state index in [1.807, 2.05) is 0 Å². The van der Waals surface area contributed by atoms with E-state index in [1.165, 1.54) is 0 Å². The van der Waals surface area contributed by atoms with Gasteiger partial charge < -0.3 is 4.74 Å². The van der Waals surface area contributed by atoms with Gasteiger partial charge in [-0.05, 0) is 11.8 Å². The minimum Gasteiger partial charge on any atom is -0.369 e. The summed E-state index contributed by atoms with van der Waals surface area (Å²) in [7, 11) is 0. The van der Waals surface area contributed by atoms with Gasteiger partial charge in [-0.1, -0.05) is 13.8 Å². The topological polar surface area (TPSA) is 12.5 Å². The Labute approximate surface area is 43.7 Å². The molecule has 0 spiro atoms. The van der Waals surface area contributed by atoms with Crippen molar-refractivity contribution in [2.24, 2.45) is 11.8 Å². The summed E-state index contributed by atoms with van der Waals surface area (Å²) in [6.45, 7) is 4.53. The molecule has 1 nitrogen and oxygen atoms in total. The molecular formula is C6H10O. The lowest BCUT2D eigenvalue weighted by Gasteiger charge is -2.23. The van der Waals surface area contributed by atoms with Crippen molar-refractivity contribution in [2.75, 3.05) is 0 Å². The first-order chi connectivity index (χ1) is 3.30. The van der Waals surface area contributed by atoms with Gasteiger partial charge in [0.05, 0.1) is 12.2 Å². The fourth-order valence-corrected chi connectivity index (χ4v) is 1.44. The summed E-state index contributed by atoms with van der Waals surface area (Å²) in [4.78, 5) is 0. The Bertz CT molecular complexity index is 88.4. The molecule has 0 radical (unpaired) electrons. The van der Waals surface area contributed by atoms with Gasteiger partial charge in [0.1, 0.15) is 0 Å². The molecule has 0 aromatic rings. The highest BCUT2D eigenvalue weighted by Gasteiger charge is 2.59. The minimum atomic E-state index is 0.676. The molecule has 2 fully saturated rings. The van der Waals surface area contributed by atoms with Crippen LogP contribution in [0.2, 0.25) is 0 Å². The quantitative estimate of drug-likeness (QED) is 0.412. The van der Waals surface area contributed by atoms with Gasteiger partial charge in [0.2, 0.25) is 0 Å². The first-order valence-corrected chi connectivity index (χ1v) is 2.96. The Morgan fingerprint density at radius 1 is 1.00 bits per heavy atom. The Kier molecular flexibility index (Phi) is 0.487. The van der Waals surface area contributed by atoms with Crippen LogP contribution in [0.25, 0.3) is 0 Å². The number of hydrogen-bond donors (Lipinski definition) is 0. The van der Waals surface area contributed by atoms with E-state index >= 15 is 0 Å². The second-order valence-electron chi connectivity index (χ2n) is 2.78. The highest BCUT2D eigenvalue weighted by Crippen LogP contribution is 2.50. The number of ether oxygens (including phenoxy) is 1. The molecule has 4 atom stereocenters. The first kappa shape index (κ1) is 3.90. The summed E-state index contributed by atoms with van der Waals surface area (Å²) in [5.74, 6) is 1.70. The molecule has 1 saturated heterocycles. The second kappa shape index (κ2) is 0.873. The maximum absolute atomic E-state index is 5.25. The van der Waals surface area contributed by atoms with Gasteiger partial charge in [-0.2, -0.15) is 0 Å². The minimum absolute atomic E-state index is 0.676. The van der Waals surface area contributed by atoms with E-state index in [0.717, 1.165) is 11.8 Å². The first-order valence-electron chi connectivity index (χ1n) is 2.96. The molecule has 0 N–H and O–H groups in total. The van der Waals surface area contributed by atoms with Gasteiger partial charge in [0.15, 0.2) is 0 Å². The zero-order valence-corrected chi connectivity index (χ0v) is 4.72. The van der Waals surface area contributed by atoms with Crippen molar-refractivity contribution in [2.45, 2.75) is 26.1 Å². The summed E-state index contributed by atoms with van der Waals surface area (Å²) < 4.78 is 5.25. The Morgan fingerprint density at radius 3 is 1.57 bits per heavy atom. The van der Waals surface area contributed by atoms with Gasteiger partial charge in [0.25, 0.3) is 0 Å². The normalized spacial score (nSPS) is 66.0. The van der Waals surface area contributed by atoms with Crippen LogP contribution >= 0.6 is 0 Å². The van der Waals surface area contributed by atoms with Crippen LogP contribution in [0.5, 0.6) is 0 Å². The van der Waals surface area contributed by atoms with E-state index in [4.69, 9.17) is 4.74 Å². The Morgan fingerprint density at radius 2 is 1.43 bits per heavy atom. The van der Waals surface area contributed by atoms with E-state index in [-0.39, 0.29) is 0 Å². The van der Waals surface area contributed by atoms with Crippen LogP contribution in [0, 0.1) is 11.8 Å². The zero-order valence-electron chi connectivity index (χ0n) is 4.72. The number of fused-ring (bicyclic) bond motifs is 1. The van der Waals surface area contributed by atoms with Gasteiger partial charge in [-0.15, -0.1) is 0 Å². The van der Waals surface area contributed by atoms with Crippen molar-refractivity contribution in [1.29, 1.82) is 0 Å². The van der Waals surface area contributed by atoms with Crippen LogP contribution in [-0.4, -0.2) is 12.2 Å². The van der Waals surface area contributed by atoms with Crippen LogP contribution in [0.15, 0.2) is 0 Å². The van der Waals surface area contributed by atoms with E-state index in [1.54, 1.807) is 0 Å². The molecule has 0 aromatic heterocycles. The van der Waals surface area contributed by atoms with Crippen molar-refractivity contribution in [1.82, 2.24) is 0 Å². The van der Waals surface area contributed by atoms with E-state index in [0.29, 0.717) is 12.2 Å². The van der Waals surface area contributed by atoms with Crippen LogP contribution in [0.3, 0.4) is 0 Å². The van der Waals surface area contributed by atoms with E-state index in [2.05, 4.69) is 13.8 Å². The monoisotopic (exact) mass is 98.1 g/mol. The smallest absolute Gasteiger partial charge is 0.0873 e. The summed E-state index contributed by atoms with van der Waals surface area (Å²) in [6.07, 6.45) is 1.35. The Balaban J connectivity index is 2.09. The van der Waals surface area contributed by atoms with Crippen LogP contribution in [0.1, 0.15) is 13.8 Å². The van der Waals surface area contributed by atoms with Crippen molar-refractivity contribution in [3.63, 3.8) is 0 Å². The maximum atomic E-state index is 5.25. The van der Waals surface area contributed by atoms with Crippen molar-refractivity contribution >= 4 is 0 Å². The summed E-state index contributed by atoms with van der Waals surface area (Å²) >= 11 is 0. The standard InChI is InChI=1S/C6H10O/c1-3-4(2)6-5(3)7-6/h3-6H,1-2H3. The van der Waals surface area contributed by atoms with Gasteiger partial charge >= 0.3 is 0 Å². The molecule has 40 valence electrons. The zero-order chi connectivity index (χ0) is 5.02. The lowest BCUT2D eigenvalue weighted by atomic mass is 9.77. The molecule has 0 aromatic carbocycles. The van der Waals surface area contributed by atoms with Crippen LogP contribution in [-0.2, 0) is 4.74 Å². The summed E-state index contributed by atoms with van der Waals surface area (Å²) in [5, 5.41) is 0. The van der Waals surface area contributed by atoms with Crippen molar-refractivity contribution < 1.29 is 4.74 Å². The molecule has 1 heterocycles. The van der Waals surface area contributed by atoms with Gasteiger partial charge in [-0.3, -0.25) is 0 Å². The highest BCUT2D eigenvalue weighted by atomic mass is 16.6. The van der Waals surface area contributed by atoms with Crippen molar-refractivity contribution in [3.8, 4) is 0 Å². The fraction of sp³-hybridized carbons (Fsp3) is 1.00. The third-order valence-corrected chi connectivity index (χ3v) is 2.43. The average Bonchev–Trinajstić information content (AvgIpc) is 2.39. The van der Waals surface area contributed by atoms with Crippen LogP contribution < -0.4 is 0 Å². The molecule has 1 aliphatic heterocycles. The van der Waals surface area contributed by atoms with Crippen LogP contribution in [0.4, 0.5) is 0 Å². The third-order valence-electron chi connectivity index (χ3n) is 2.43. The van der Waals surface area contributed by atoms with Crippen molar-refractivity contribution in [3.05, 3.63) is 0 Å². The lowest BCUT2D eigenvalue weighted by Crippen LogP contribution is -2.31. The largest absolute Gasteiger partial charge is 0.369 e. The molecule has 1 heteroatoms. The molecule has 2 rings (SSSR count). The second-order valence-corrected chi connectivity index (χ2v) is 2.78. The van der Waals surface area contributed by atoms with Gasteiger partial charge in [0, 0.05) is 0 Å². The average molecular weight is 98.1 g/mol. The number of rotatable bonds is 0.